The average molecular weight is 556 g/mol. The molecule has 0 aromatic heterocycles. The number of allylic oxidation sites excluding steroid dienone is 2. The molecule has 2 unspecified atom stereocenters. The highest BCUT2D eigenvalue weighted by Crippen LogP contribution is 2.42. The summed E-state index contributed by atoms with van der Waals surface area (Å²) in [5.41, 5.74) is 3.17. The van der Waals surface area contributed by atoms with Gasteiger partial charge in [0.1, 0.15) is 11.9 Å². The molecule has 6 heteroatoms. The smallest absolute Gasteiger partial charge is 0.234 e. The van der Waals surface area contributed by atoms with Crippen LogP contribution in [0.4, 0.5) is 5.69 Å². The highest BCUT2D eigenvalue weighted by Gasteiger charge is 2.41. The normalized spacial score (nSPS) is 18.4. The van der Waals surface area contributed by atoms with Gasteiger partial charge in [-0.3, -0.25) is 9.59 Å². The first-order valence-electron chi connectivity index (χ1n) is 15.1. The minimum Gasteiger partial charge on any atom is -0.490 e. The standard InChI is InChI=1S/C31H47N3O3.C2H6.CH4/c1-7-11-28(22(2)3)37-29(23(4)5)18-21-33-19-16-24(17-20-33)34-27-14-9-8-12-25(27)26(31(34)36)13-10-15-30(35)32-6;1-2;/h8-9,11-12,14,23-24,26,29H,2,7,10,13,15-21H2,1,3-6H3,(H,32,35);1-2H3;1H4/b28-11+;;. The number of likely N-dealkylation sites (tertiary alicyclic amines) is 1. The van der Waals surface area contributed by atoms with Gasteiger partial charge in [0.15, 0.2) is 0 Å². The number of rotatable bonds is 13. The van der Waals surface area contributed by atoms with E-state index in [9.17, 15) is 9.59 Å². The lowest BCUT2D eigenvalue weighted by molar-refractivity contribution is -0.122. The van der Waals surface area contributed by atoms with Crippen molar-refractivity contribution >= 4 is 17.5 Å². The van der Waals surface area contributed by atoms with Crippen molar-refractivity contribution in [2.75, 3.05) is 31.6 Å². The van der Waals surface area contributed by atoms with Gasteiger partial charge >= 0.3 is 0 Å². The van der Waals surface area contributed by atoms with Crippen LogP contribution in [-0.2, 0) is 14.3 Å². The van der Waals surface area contributed by atoms with E-state index in [0.717, 1.165) is 74.3 Å². The van der Waals surface area contributed by atoms with Crippen LogP contribution in [0.15, 0.2) is 48.3 Å². The van der Waals surface area contributed by atoms with Gasteiger partial charge in [-0.05, 0) is 74.6 Å². The van der Waals surface area contributed by atoms with Crippen molar-refractivity contribution in [1.82, 2.24) is 10.2 Å². The van der Waals surface area contributed by atoms with Crippen LogP contribution >= 0.6 is 0 Å². The second kappa shape index (κ2) is 18.0. The number of benzene rings is 1. The number of anilines is 1. The lowest BCUT2D eigenvalue weighted by Crippen LogP contribution is -2.47. The third-order valence-corrected chi connectivity index (χ3v) is 7.77. The SMILES string of the molecule is C.C=C(C)/C(=C\CC)OC(CCN1CCC(N2C(=O)C(CCCC(=O)NC)c3ccccc32)CC1)C(C)C.CC. The first-order valence-corrected chi connectivity index (χ1v) is 15.1. The van der Waals surface area contributed by atoms with Crippen LogP contribution in [0.3, 0.4) is 0 Å². The van der Waals surface area contributed by atoms with Crippen molar-refractivity contribution in [2.45, 2.75) is 112 Å². The first-order chi connectivity index (χ1) is 18.8. The number of amides is 2. The van der Waals surface area contributed by atoms with E-state index in [0.29, 0.717) is 18.8 Å². The van der Waals surface area contributed by atoms with Gasteiger partial charge in [-0.2, -0.15) is 0 Å². The summed E-state index contributed by atoms with van der Waals surface area (Å²) in [6, 6.07) is 8.45. The fraction of sp³-hybridized carbons (Fsp3) is 0.647. The van der Waals surface area contributed by atoms with E-state index < -0.39 is 0 Å². The molecule has 0 spiro atoms. The van der Waals surface area contributed by atoms with Gasteiger partial charge in [-0.15, -0.1) is 0 Å². The third kappa shape index (κ3) is 9.50. The predicted octanol–water partition coefficient (Wildman–Crippen LogP) is 7.46. The Morgan fingerprint density at radius 3 is 2.42 bits per heavy atom. The van der Waals surface area contributed by atoms with Gasteiger partial charge in [0.05, 0.1) is 5.92 Å². The molecular weight excluding hydrogens is 498 g/mol. The molecule has 1 fully saturated rings. The molecule has 40 heavy (non-hydrogen) atoms. The van der Waals surface area contributed by atoms with Crippen LogP contribution in [0, 0.1) is 5.92 Å². The fourth-order valence-corrected chi connectivity index (χ4v) is 5.58. The van der Waals surface area contributed by atoms with E-state index in [1.807, 2.05) is 32.9 Å². The molecule has 0 bridgehead atoms. The quantitative estimate of drug-likeness (QED) is 0.203. The van der Waals surface area contributed by atoms with E-state index >= 15 is 0 Å². The molecule has 2 aliphatic rings. The maximum absolute atomic E-state index is 13.6. The second-order valence-electron chi connectivity index (χ2n) is 10.9. The van der Waals surface area contributed by atoms with Gasteiger partial charge in [-0.25, -0.2) is 0 Å². The number of hydrogen-bond acceptors (Lipinski definition) is 4. The van der Waals surface area contributed by atoms with Gasteiger partial charge in [-0.1, -0.05) is 66.8 Å². The Morgan fingerprint density at radius 2 is 1.85 bits per heavy atom. The van der Waals surface area contributed by atoms with Crippen molar-refractivity contribution in [3.05, 3.63) is 53.8 Å². The molecule has 1 saturated heterocycles. The molecule has 6 nitrogen and oxygen atoms in total. The summed E-state index contributed by atoms with van der Waals surface area (Å²) in [7, 11) is 1.66. The molecule has 226 valence electrons. The van der Waals surface area contributed by atoms with Crippen LogP contribution in [0.5, 0.6) is 0 Å². The maximum atomic E-state index is 13.6. The van der Waals surface area contributed by atoms with E-state index in [1.54, 1.807) is 7.05 Å². The third-order valence-electron chi connectivity index (χ3n) is 7.77. The number of ether oxygens (including phenoxy) is 1. The molecule has 1 aromatic carbocycles. The molecule has 0 aliphatic carbocycles. The van der Waals surface area contributed by atoms with E-state index in [2.05, 4.69) is 60.7 Å². The number of fused-ring (bicyclic) bond motifs is 1. The number of piperidine rings is 1. The second-order valence-corrected chi connectivity index (χ2v) is 10.9. The summed E-state index contributed by atoms with van der Waals surface area (Å²) < 4.78 is 6.38. The highest BCUT2D eigenvalue weighted by atomic mass is 16.5. The van der Waals surface area contributed by atoms with Gasteiger partial charge < -0.3 is 19.9 Å². The number of carbonyl (C=O) groups excluding carboxylic acids is 2. The molecule has 1 aromatic rings. The van der Waals surface area contributed by atoms with Crippen molar-refractivity contribution in [3.63, 3.8) is 0 Å². The Bertz CT molecular complexity index is 963. The molecule has 2 aliphatic heterocycles. The van der Waals surface area contributed by atoms with E-state index in [4.69, 9.17) is 4.74 Å². The van der Waals surface area contributed by atoms with Crippen molar-refractivity contribution in [3.8, 4) is 0 Å². The van der Waals surface area contributed by atoms with Crippen molar-refractivity contribution in [1.29, 1.82) is 0 Å². The van der Waals surface area contributed by atoms with Crippen LogP contribution < -0.4 is 10.2 Å². The average Bonchev–Trinajstić information content (AvgIpc) is 3.22. The number of nitrogens with zero attached hydrogens (tertiary/aromatic N) is 2. The maximum Gasteiger partial charge on any atom is 0.234 e. The van der Waals surface area contributed by atoms with Crippen LogP contribution in [0.2, 0.25) is 0 Å². The van der Waals surface area contributed by atoms with E-state index in [-0.39, 0.29) is 37.3 Å². The summed E-state index contributed by atoms with van der Waals surface area (Å²) in [6.07, 6.45) is 8.06. The van der Waals surface area contributed by atoms with Crippen LogP contribution in [0.25, 0.3) is 0 Å². The number of para-hydroxylation sites is 1. The molecule has 3 rings (SSSR count). The van der Waals surface area contributed by atoms with E-state index in [1.165, 1.54) is 0 Å². The summed E-state index contributed by atoms with van der Waals surface area (Å²) in [5, 5.41) is 2.67. The van der Waals surface area contributed by atoms with Crippen LogP contribution in [-0.4, -0.2) is 55.5 Å². The Balaban J connectivity index is 0.00000261. The zero-order valence-electron chi connectivity index (χ0n) is 25.6. The summed E-state index contributed by atoms with van der Waals surface area (Å²) in [5.74, 6) is 1.46. The molecule has 0 saturated carbocycles. The summed E-state index contributed by atoms with van der Waals surface area (Å²) in [6.45, 7) is 19.6. The Morgan fingerprint density at radius 1 is 1.20 bits per heavy atom. The minimum atomic E-state index is -0.137. The molecular formula is C34H57N3O3. The first kappa shape index (κ1) is 35.4. The number of nitrogens with one attached hydrogen (secondary N) is 1. The zero-order valence-corrected chi connectivity index (χ0v) is 25.6. The predicted molar refractivity (Wildman–Crippen MR) is 170 cm³/mol. The molecule has 2 amide bonds. The Labute approximate surface area is 245 Å². The highest BCUT2D eigenvalue weighted by molar-refractivity contribution is 6.05. The zero-order chi connectivity index (χ0) is 28.9. The van der Waals surface area contributed by atoms with Crippen molar-refractivity contribution in [2.24, 2.45) is 5.92 Å². The molecule has 0 radical (unpaired) electrons. The van der Waals surface area contributed by atoms with Gasteiger partial charge in [0, 0.05) is 44.8 Å². The molecule has 2 heterocycles. The molecule has 2 atom stereocenters. The monoisotopic (exact) mass is 555 g/mol. The summed E-state index contributed by atoms with van der Waals surface area (Å²) >= 11 is 0. The molecule has 1 N–H and O–H groups in total. The number of carbonyl (C=O) groups is 2. The lowest BCUT2D eigenvalue weighted by Gasteiger charge is -2.38. The fourth-order valence-electron chi connectivity index (χ4n) is 5.58. The van der Waals surface area contributed by atoms with Crippen molar-refractivity contribution < 1.29 is 14.3 Å². The van der Waals surface area contributed by atoms with Gasteiger partial charge in [0.25, 0.3) is 0 Å². The summed E-state index contributed by atoms with van der Waals surface area (Å²) in [4.78, 5) is 29.8. The lowest BCUT2D eigenvalue weighted by atomic mass is 9.95. The largest absolute Gasteiger partial charge is 0.490 e. The van der Waals surface area contributed by atoms with Gasteiger partial charge in [0.2, 0.25) is 11.8 Å². The number of hydrogen-bond donors (Lipinski definition) is 1. The Kier molecular flexibility index (Phi) is 15.9. The Hall–Kier alpha value is -2.60. The van der Waals surface area contributed by atoms with Crippen LogP contribution in [0.1, 0.15) is 105 Å². The minimum absolute atomic E-state index is 0. The topological polar surface area (TPSA) is 61.9 Å².